The van der Waals surface area contributed by atoms with E-state index in [0.717, 1.165) is 30.8 Å². The maximum Gasteiger partial charge on any atom is 0.223 e. The lowest BCUT2D eigenvalue weighted by molar-refractivity contribution is -0.134. The number of likely N-dealkylation sites (tertiary alicyclic amines) is 1. The Kier molecular flexibility index (Phi) is 4.79. The van der Waals surface area contributed by atoms with Gasteiger partial charge in [-0.15, -0.1) is 0 Å². The normalized spacial score (nSPS) is 19.8. The lowest BCUT2D eigenvalue weighted by Crippen LogP contribution is -2.35. The Morgan fingerprint density at radius 3 is 2.56 bits per heavy atom. The number of benzene rings is 1. The van der Waals surface area contributed by atoms with E-state index in [1.54, 1.807) is 6.20 Å². The number of amides is 1. The van der Waals surface area contributed by atoms with E-state index in [9.17, 15) is 4.79 Å². The van der Waals surface area contributed by atoms with Gasteiger partial charge in [0.1, 0.15) is 12.1 Å². The molecule has 130 valence electrons. The van der Waals surface area contributed by atoms with Gasteiger partial charge in [0, 0.05) is 19.2 Å². The molecule has 0 spiro atoms. The maximum absolute atomic E-state index is 12.5. The van der Waals surface area contributed by atoms with Gasteiger partial charge in [0.25, 0.3) is 0 Å². The number of rotatable bonds is 7. The number of ether oxygens (including phenoxy) is 1. The van der Waals surface area contributed by atoms with Crippen LogP contribution in [0.4, 0.5) is 0 Å². The molecule has 1 aliphatic carbocycles. The molecule has 1 aromatic carbocycles. The van der Waals surface area contributed by atoms with E-state index in [-0.39, 0.29) is 18.1 Å². The van der Waals surface area contributed by atoms with Crippen LogP contribution in [0.25, 0.3) is 0 Å². The predicted molar refractivity (Wildman–Crippen MR) is 95.8 cm³/mol. The van der Waals surface area contributed by atoms with Gasteiger partial charge in [-0.3, -0.25) is 9.78 Å². The van der Waals surface area contributed by atoms with Crippen molar-refractivity contribution in [2.45, 2.75) is 37.8 Å². The maximum atomic E-state index is 12.5. The highest BCUT2D eigenvalue weighted by atomic mass is 16.5. The molecular formula is C21H24N2O2. The van der Waals surface area contributed by atoms with Crippen LogP contribution in [0.15, 0.2) is 54.7 Å². The molecule has 2 aromatic rings. The highest BCUT2D eigenvalue weighted by molar-refractivity contribution is 5.78. The van der Waals surface area contributed by atoms with Crippen molar-refractivity contribution in [3.8, 4) is 0 Å². The van der Waals surface area contributed by atoms with Crippen LogP contribution in [-0.2, 0) is 9.53 Å². The Labute approximate surface area is 148 Å². The molecule has 0 N–H and O–H groups in total. The first kappa shape index (κ1) is 16.3. The number of hydrogen-bond acceptors (Lipinski definition) is 3. The molecule has 4 nitrogen and oxygen atoms in total. The topological polar surface area (TPSA) is 42.4 Å². The van der Waals surface area contributed by atoms with Crippen LogP contribution in [0.5, 0.6) is 0 Å². The molecule has 0 radical (unpaired) electrons. The standard InChI is InChI=1S/C21H24N2O2/c24-19-10-6-14-23(19)20(18-9-4-5-13-22-18)21(25-15-16-11-12-16)17-7-2-1-3-8-17/h1-5,7-9,13,16,20-21H,6,10-12,14-15H2/t20-,21+/m0/s1. The number of carbonyl (C=O) groups is 1. The van der Waals surface area contributed by atoms with E-state index in [0.29, 0.717) is 12.3 Å². The molecule has 2 aliphatic rings. The molecule has 1 saturated heterocycles. The smallest absolute Gasteiger partial charge is 0.223 e. The van der Waals surface area contributed by atoms with Gasteiger partial charge in [0.2, 0.25) is 5.91 Å². The van der Waals surface area contributed by atoms with Gasteiger partial charge < -0.3 is 9.64 Å². The molecule has 2 atom stereocenters. The van der Waals surface area contributed by atoms with Gasteiger partial charge in [0.15, 0.2) is 0 Å². The van der Waals surface area contributed by atoms with Crippen molar-refractivity contribution in [3.05, 3.63) is 66.0 Å². The predicted octanol–water partition coefficient (Wildman–Crippen LogP) is 3.91. The summed E-state index contributed by atoms with van der Waals surface area (Å²) in [5.74, 6) is 0.872. The fraction of sp³-hybridized carbons (Fsp3) is 0.429. The number of pyridine rings is 1. The monoisotopic (exact) mass is 336 g/mol. The third-order valence-corrected chi connectivity index (χ3v) is 5.06. The van der Waals surface area contributed by atoms with Crippen LogP contribution in [-0.4, -0.2) is 28.9 Å². The zero-order valence-corrected chi connectivity index (χ0v) is 14.4. The van der Waals surface area contributed by atoms with Crippen LogP contribution in [0, 0.1) is 5.92 Å². The number of nitrogens with zero attached hydrogens (tertiary/aromatic N) is 2. The van der Waals surface area contributed by atoms with E-state index in [2.05, 4.69) is 17.1 Å². The summed E-state index contributed by atoms with van der Waals surface area (Å²) < 4.78 is 6.40. The van der Waals surface area contributed by atoms with Gasteiger partial charge in [-0.05, 0) is 42.9 Å². The van der Waals surface area contributed by atoms with Crippen molar-refractivity contribution < 1.29 is 9.53 Å². The molecule has 2 fully saturated rings. The summed E-state index contributed by atoms with van der Waals surface area (Å²) in [7, 11) is 0. The number of carbonyl (C=O) groups excluding carboxylic acids is 1. The molecule has 25 heavy (non-hydrogen) atoms. The Hall–Kier alpha value is -2.20. The van der Waals surface area contributed by atoms with Crippen LogP contribution < -0.4 is 0 Å². The van der Waals surface area contributed by atoms with Gasteiger partial charge in [-0.2, -0.15) is 0 Å². The van der Waals surface area contributed by atoms with E-state index in [1.807, 2.05) is 41.3 Å². The second kappa shape index (κ2) is 7.36. The van der Waals surface area contributed by atoms with Crippen LogP contribution in [0.1, 0.15) is 49.1 Å². The van der Waals surface area contributed by atoms with Gasteiger partial charge in [0.05, 0.1) is 12.3 Å². The van der Waals surface area contributed by atoms with E-state index >= 15 is 0 Å². The summed E-state index contributed by atoms with van der Waals surface area (Å²) in [4.78, 5) is 19.1. The molecular weight excluding hydrogens is 312 g/mol. The van der Waals surface area contributed by atoms with Crippen LogP contribution in [0.3, 0.4) is 0 Å². The average Bonchev–Trinajstić information content (AvgIpc) is 3.40. The van der Waals surface area contributed by atoms with Crippen molar-refractivity contribution in [2.24, 2.45) is 5.92 Å². The minimum atomic E-state index is -0.182. The minimum absolute atomic E-state index is 0.169. The van der Waals surface area contributed by atoms with E-state index in [1.165, 1.54) is 12.8 Å². The summed E-state index contributed by atoms with van der Waals surface area (Å²) in [6, 6.07) is 16.0. The molecule has 2 heterocycles. The quantitative estimate of drug-likeness (QED) is 0.770. The zero-order valence-electron chi connectivity index (χ0n) is 14.4. The largest absolute Gasteiger partial charge is 0.371 e. The molecule has 1 saturated carbocycles. The number of aromatic nitrogens is 1. The summed E-state index contributed by atoms with van der Waals surface area (Å²) in [5, 5.41) is 0. The molecule has 1 aromatic heterocycles. The first-order valence-electron chi connectivity index (χ1n) is 9.20. The Morgan fingerprint density at radius 2 is 1.92 bits per heavy atom. The molecule has 0 unspecified atom stereocenters. The zero-order chi connectivity index (χ0) is 17.1. The first-order chi connectivity index (χ1) is 12.3. The average molecular weight is 336 g/mol. The van der Waals surface area contributed by atoms with Crippen molar-refractivity contribution in [1.82, 2.24) is 9.88 Å². The Balaban J connectivity index is 1.70. The van der Waals surface area contributed by atoms with Crippen molar-refractivity contribution in [1.29, 1.82) is 0 Å². The van der Waals surface area contributed by atoms with E-state index < -0.39 is 0 Å². The van der Waals surface area contributed by atoms with E-state index in [4.69, 9.17) is 4.74 Å². The Bertz CT molecular complexity index is 700. The van der Waals surface area contributed by atoms with Crippen LogP contribution >= 0.6 is 0 Å². The summed E-state index contributed by atoms with van der Waals surface area (Å²) >= 11 is 0. The summed E-state index contributed by atoms with van der Waals surface area (Å²) in [5.41, 5.74) is 2.01. The SMILES string of the molecule is O=C1CCCN1[C@@H](c1ccccn1)[C@H](OCC1CC1)c1ccccc1. The van der Waals surface area contributed by atoms with Crippen molar-refractivity contribution in [3.63, 3.8) is 0 Å². The fourth-order valence-electron chi connectivity index (χ4n) is 3.53. The number of hydrogen-bond donors (Lipinski definition) is 0. The first-order valence-corrected chi connectivity index (χ1v) is 9.20. The third-order valence-electron chi connectivity index (χ3n) is 5.06. The molecule has 4 rings (SSSR count). The molecule has 1 aliphatic heterocycles. The highest BCUT2D eigenvalue weighted by Gasteiger charge is 2.38. The second-order valence-corrected chi connectivity index (χ2v) is 7.00. The third kappa shape index (κ3) is 3.74. The lowest BCUT2D eigenvalue weighted by atomic mass is 9.97. The van der Waals surface area contributed by atoms with Gasteiger partial charge in [-0.25, -0.2) is 0 Å². The highest BCUT2D eigenvalue weighted by Crippen LogP contribution is 2.40. The lowest BCUT2D eigenvalue weighted by Gasteiger charge is -2.34. The molecule has 0 bridgehead atoms. The Morgan fingerprint density at radius 1 is 1.12 bits per heavy atom. The molecule has 4 heteroatoms. The summed E-state index contributed by atoms with van der Waals surface area (Å²) in [6.07, 6.45) is 5.64. The molecule has 1 amide bonds. The minimum Gasteiger partial charge on any atom is -0.371 e. The van der Waals surface area contributed by atoms with Gasteiger partial charge in [-0.1, -0.05) is 36.4 Å². The fourth-order valence-corrected chi connectivity index (χ4v) is 3.53. The summed E-state index contributed by atoms with van der Waals surface area (Å²) in [6.45, 7) is 1.53. The van der Waals surface area contributed by atoms with Crippen LogP contribution in [0.2, 0.25) is 0 Å². The van der Waals surface area contributed by atoms with Crippen molar-refractivity contribution >= 4 is 5.91 Å². The van der Waals surface area contributed by atoms with Crippen molar-refractivity contribution in [2.75, 3.05) is 13.2 Å². The van der Waals surface area contributed by atoms with Gasteiger partial charge >= 0.3 is 0 Å². The second-order valence-electron chi connectivity index (χ2n) is 7.00.